The normalized spacial score (nSPS) is 21.5. The summed E-state index contributed by atoms with van der Waals surface area (Å²) in [5, 5.41) is 3.59. The maximum absolute atomic E-state index is 5.27. The highest BCUT2D eigenvalue weighted by molar-refractivity contribution is 6.03. The third kappa shape index (κ3) is 3.26. The molecule has 1 aromatic carbocycles. The second-order valence-electron chi connectivity index (χ2n) is 8.87. The zero-order valence-electron chi connectivity index (χ0n) is 16.9. The van der Waals surface area contributed by atoms with Gasteiger partial charge in [0.1, 0.15) is 0 Å². The number of aryl methyl sites for hydroxylation is 1. The number of hydrogen-bond acceptors (Lipinski definition) is 2. The van der Waals surface area contributed by atoms with Crippen molar-refractivity contribution in [2.75, 3.05) is 6.54 Å². The first-order valence-electron chi connectivity index (χ1n) is 11.2. The molecule has 1 N–H and O–H groups in total. The van der Waals surface area contributed by atoms with Crippen LogP contribution in [0.2, 0.25) is 0 Å². The van der Waals surface area contributed by atoms with E-state index in [9.17, 15) is 0 Å². The van der Waals surface area contributed by atoms with Crippen molar-refractivity contribution in [2.45, 2.75) is 96.4 Å². The second-order valence-corrected chi connectivity index (χ2v) is 8.87. The monoisotopic (exact) mass is 352 g/mol. The van der Waals surface area contributed by atoms with Crippen molar-refractivity contribution >= 4 is 11.4 Å². The molecule has 142 valence electrons. The molecule has 4 rings (SSSR count). The van der Waals surface area contributed by atoms with Crippen LogP contribution < -0.4 is 5.32 Å². The Labute approximate surface area is 159 Å². The fourth-order valence-electron chi connectivity index (χ4n) is 5.45. The van der Waals surface area contributed by atoms with E-state index >= 15 is 0 Å². The number of nitrogens with one attached hydrogen (secondary N) is 1. The Hall–Kier alpha value is -1.15. The molecule has 0 radical (unpaired) electrons. The van der Waals surface area contributed by atoms with Gasteiger partial charge in [-0.25, -0.2) is 0 Å². The summed E-state index contributed by atoms with van der Waals surface area (Å²) in [4.78, 5) is 5.27. The Kier molecular flexibility index (Phi) is 5.50. The van der Waals surface area contributed by atoms with Crippen LogP contribution in [-0.2, 0) is 18.4 Å². The molecular formula is C24H36N2. The standard InChI is InChI=1S/C24H36N2/c1-3-13-25-17-20-16-22-21(15-19(20)4-2)24(11-8-12-24)23(26-22)14-18-9-6-5-7-10-18/h15-16,18,25H,3-14,17H2,1-2H3. The van der Waals surface area contributed by atoms with Gasteiger partial charge in [0.15, 0.2) is 0 Å². The zero-order chi connectivity index (χ0) is 18.0. The van der Waals surface area contributed by atoms with Gasteiger partial charge in [0.2, 0.25) is 0 Å². The summed E-state index contributed by atoms with van der Waals surface area (Å²) >= 11 is 0. The molecule has 0 aromatic heterocycles. The first-order chi connectivity index (χ1) is 12.8. The number of nitrogens with zero attached hydrogens (tertiary/aromatic N) is 1. The maximum Gasteiger partial charge on any atom is 0.0674 e. The molecule has 1 aromatic rings. The minimum absolute atomic E-state index is 0.325. The van der Waals surface area contributed by atoms with Crippen LogP contribution >= 0.6 is 0 Å². The van der Waals surface area contributed by atoms with E-state index in [2.05, 4.69) is 31.3 Å². The van der Waals surface area contributed by atoms with Crippen molar-refractivity contribution in [3.63, 3.8) is 0 Å². The van der Waals surface area contributed by atoms with E-state index in [-0.39, 0.29) is 0 Å². The zero-order valence-corrected chi connectivity index (χ0v) is 16.9. The van der Waals surface area contributed by atoms with Crippen molar-refractivity contribution in [2.24, 2.45) is 10.9 Å². The summed E-state index contributed by atoms with van der Waals surface area (Å²) < 4.78 is 0. The van der Waals surface area contributed by atoms with Gasteiger partial charge in [0.05, 0.1) is 5.69 Å². The quantitative estimate of drug-likeness (QED) is 0.578. The molecule has 2 heteroatoms. The van der Waals surface area contributed by atoms with E-state index in [1.807, 2.05) is 0 Å². The third-order valence-corrected chi connectivity index (χ3v) is 7.18. The lowest BCUT2D eigenvalue weighted by Gasteiger charge is -2.42. The molecule has 1 spiro atoms. The summed E-state index contributed by atoms with van der Waals surface area (Å²) in [5.74, 6) is 0.894. The Bertz CT molecular complexity index is 663. The van der Waals surface area contributed by atoms with Gasteiger partial charge in [-0.1, -0.05) is 58.4 Å². The molecule has 2 saturated carbocycles. The van der Waals surface area contributed by atoms with Crippen LogP contribution in [-0.4, -0.2) is 12.3 Å². The smallest absolute Gasteiger partial charge is 0.0674 e. The molecule has 0 unspecified atom stereocenters. The molecule has 3 aliphatic rings. The van der Waals surface area contributed by atoms with Gasteiger partial charge in [-0.3, -0.25) is 4.99 Å². The van der Waals surface area contributed by atoms with E-state index in [4.69, 9.17) is 4.99 Å². The van der Waals surface area contributed by atoms with Crippen molar-refractivity contribution in [1.29, 1.82) is 0 Å². The number of aliphatic imine (C=N–C) groups is 1. The molecule has 2 nitrogen and oxygen atoms in total. The molecule has 0 bridgehead atoms. The highest BCUT2D eigenvalue weighted by Gasteiger charge is 2.48. The predicted octanol–water partition coefficient (Wildman–Crippen LogP) is 6.23. The highest BCUT2D eigenvalue weighted by Crippen LogP contribution is 2.54. The molecule has 0 saturated heterocycles. The summed E-state index contributed by atoms with van der Waals surface area (Å²) in [6.07, 6.45) is 14.8. The number of hydrogen-bond donors (Lipinski definition) is 1. The van der Waals surface area contributed by atoms with Crippen LogP contribution in [0, 0.1) is 5.92 Å². The Morgan fingerprint density at radius 1 is 1.04 bits per heavy atom. The van der Waals surface area contributed by atoms with Crippen molar-refractivity contribution in [3.8, 4) is 0 Å². The van der Waals surface area contributed by atoms with E-state index in [0.717, 1.165) is 25.4 Å². The van der Waals surface area contributed by atoms with Crippen LogP contribution in [0.15, 0.2) is 17.1 Å². The SMILES string of the molecule is CCCNCc1cc2c(cc1CC)C1(CCC1)C(CC1CCCCC1)=N2. The van der Waals surface area contributed by atoms with Gasteiger partial charge in [-0.05, 0) is 67.3 Å². The number of fused-ring (bicyclic) bond motifs is 2. The lowest BCUT2D eigenvalue weighted by Crippen LogP contribution is -2.41. The molecule has 1 aliphatic heterocycles. The molecule has 2 fully saturated rings. The average molecular weight is 353 g/mol. The Morgan fingerprint density at radius 2 is 1.85 bits per heavy atom. The molecule has 2 aliphatic carbocycles. The summed E-state index contributed by atoms with van der Waals surface area (Å²) in [5.41, 5.74) is 7.76. The average Bonchev–Trinajstić information content (AvgIpc) is 2.94. The van der Waals surface area contributed by atoms with E-state index in [0.29, 0.717) is 5.41 Å². The van der Waals surface area contributed by atoms with Crippen molar-refractivity contribution in [3.05, 3.63) is 28.8 Å². The molecular weight excluding hydrogens is 316 g/mol. The van der Waals surface area contributed by atoms with Gasteiger partial charge in [-0.15, -0.1) is 0 Å². The highest BCUT2D eigenvalue weighted by atomic mass is 14.9. The Morgan fingerprint density at radius 3 is 2.50 bits per heavy atom. The Balaban J connectivity index is 1.60. The topological polar surface area (TPSA) is 24.4 Å². The van der Waals surface area contributed by atoms with Crippen LogP contribution in [0.25, 0.3) is 0 Å². The predicted molar refractivity (Wildman–Crippen MR) is 112 cm³/mol. The van der Waals surface area contributed by atoms with Gasteiger partial charge in [-0.2, -0.15) is 0 Å². The summed E-state index contributed by atoms with van der Waals surface area (Å²) in [6, 6.07) is 4.96. The largest absolute Gasteiger partial charge is 0.313 e. The van der Waals surface area contributed by atoms with Crippen LogP contribution in [0.4, 0.5) is 5.69 Å². The first-order valence-corrected chi connectivity index (χ1v) is 11.2. The van der Waals surface area contributed by atoms with Gasteiger partial charge in [0, 0.05) is 17.7 Å². The van der Waals surface area contributed by atoms with Gasteiger partial charge in [0.25, 0.3) is 0 Å². The molecule has 1 heterocycles. The van der Waals surface area contributed by atoms with Crippen molar-refractivity contribution < 1.29 is 0 Å². The second kappa shape index (κ2) is 7.84. The van der Waals surface area contributed by atoms with Crippen LogP contribution in [0.5, 0.6) is 0 Å². The fraction of sp³-hybridized carbons (Fsp3) is 0.708. The number of benzene rings is 1. The summed E-state index contributed by atoms with van der Waals surface area (Å²) in [7, 11) is 0. The maximum atomic E-state index is 5.27. The first kappa shape index (κ1) is 18.2. The van der Waals surface area contributed by atoms with Gasteiger partial charge >= 0.3 is 0 Å². The van der Waals surface area contributed by atoms with Crippen molar-refractivity contribution in [1.82, 2.24) is 5.32 Å². The molecule has 0 atom stereocenters. The molecule has 0 amide bonds. The van der Waals surface area contributed by atoms with E-state index in [1.165, 1.54) is 81.0 Å². The third-order valence-electron chi connectivity index (χ3n) is 7.18. The minimum atomic E-state index is 0.325. The van der Waals surface area contributed by atoms with E-state index < -0.39 is 0 Å². The van der Waals surface area contributed by atoms with E-state index in [1.54, 1.807) is 11.3 Å². The number of rotatable bonds is 7. The minimum Gasteiger partial charge on any atom is -0.313 e. The lowest BCUT2D eigenvalue weighted by molar-refractivity contribution is 0.321. The lowest BCUT2D eigenvalue weighted by atomic mass is 9.60. The van der Waals surface area contributed by atoms with Crippen LogP contribution in [0.3, 0.4) is 0 Å². The van der Waals surface area contributed by atoms with Gasteiger partial charge < -0.3 is 5.32 Å². The van der Waals surface area contributed by atoms with Crippen LogP contribution in [0.1, 0.15) is 94.7 Å². The summed E-state index contributed by atoms with van der Waals surface area (Å²) in [6.45, 7) is 6.63. The fourth-order valence-corrected chi connectivity index (χ4v) is 5.45. The molecule has 26 heavy (non-hydrogen) atoms.